The van der Waals surface area contributed by atoms with Crippen LogP contribution in [0.2, 0.25) is 0 Å². The Hall–Kier alpha value is 1.90. The summed E-state index contributed by atoms with van der Waals surface area (Å²) in [7, 11) is -5.85. The van der Waals surface area contributed by atoms with Crippen LogP contribution in [0, 0.1) is 10.8 Å². The van der Waals surface area contributed by atoms with Gasteiger partial charge in [-0.2, -0.15) is 16.8 Å². The van der Waals surface area contributed by atoms with E-state index in [0.29, 0.717) is 21.3 Å². The van der Waals surface area contributed by atoms with Crippen molar-refractivity contribution in [2.75, 3.05) is 66.5 Å². The molecule has 0 aromatic heterocycles. The molecule has 0 spiro atoms. The summed E-state index contributed by atoms with van der Waals surface area (Å²) >= 11 is 12.8. The molecule has 0 heterocycles. The third-order valence-electron chi connectivity index (χ3n) is 2.96. The van der Waals surface area contributed by atoms with Gasteiger partial charge in [-0.05, 0) is 0 Å². The molecule has 0 aromatic rings. The summed E-state index contributed by atoms with van der Waals surface area (Å²) in [4.78, 5) is 0. The number of halogens is 5. The largest absolute Gasteiger partial charge is 0.396 e. The van der Waals surface area contributed by atoms with Crippen LogP contribution >= 0.6 is 74.4 Å². The fraction of sp³-hybridized carbons (Fsp3) is 1.00. The van der Waals surface area contributed by atoms with E-state index in [2.05, 4.69) is 82.8 Å². The molecule has 2 N–H and O–H groups in total. The van der Waals surface area contributed by atoms with Crippen molar-refractivity contribution >= 4 is 104 Å². The Balaban J connectivity index is -0.000000465. The zero-order chi connectivity index (χ0) is 25.6. The molecule has 31 heavy (non-hydrogen) atoms. The van der Waals surface area contributed by atoms with Gasteiger partial charge in [-0.3, -0.25) is 8.37 Å². The Labute approximate surface area is 223 Å². The molecule has 0 aliphatic heterocycles. The van der Waals surface area contributed by atoms with Crippen molar-refractivity contribution in [1.29, 1.82) is 0 Å². The van der Waals surface area contributed by atoms with Crippen molar-refractivity contribution < 1.29 is 43.8 Å². The molecule has 18 heteroatoms. The van der Waals surface area contributed by atoms with E-state index in [1.165, 1.54) is 0 Å². The predicted octanol–water partition coefficient (Wildman–Crippen LogP) is 1.65. The van der Waals surface area contributed by atoms with Crippen molar-refractivity contribution in [2.45, 2.75) is 0 Å². The van der Waals surface area contributed by atoms with Crippen LogP contribution in [0.3, 0.4) is 0 Å². The Bertz CT molecular complexity index is 719. The van der Waals surface area contributed by atoms with E-state index in [-0.39, 0.29) is 31.8 Å². The first-order chi connectivity index (χ1) is 13.8. The van der Waals surface area contributed by atoms with Crippen molar-refractivity contribution in [3.05, 3.63) is 0 Å². The zero-order valence-electron chi connectivity index (χ0n) is 16.9. The van der Waals surface area contributed by atoms with Crippen molar-refractivity contribution in [2.24, 2.45) is 10.8 Å². The van der Waals surface area contributed by atoms with Crippen molar-refractivity contribution in [3.8, 4) is 0 Å². The lowest BCUT2D eigenvalue weighted by atomic mass is 9.96. The maximum absolute atomic E-state index is 10.9. The molecule has 0 fully saturated rings. The molecule has 0 bridgehead atoms. The van der Waals surface area contributed by atoms with E-state index in [1.807, 2.05) is 0 Å². The Morgan fingerprint density at radius 3 is 1.00 bits per heavy atom. The van der Waals surface area contributed by atoms with Gasteiger partial charge in [0.1, 0.15) is 0 Å². The minimum atomic E-state index is -3.58. The van der Waals surface area contributed by atoms with Crippen molar-refractivity contribution in [3.63, 3.8) is 0 Å². The van der Waals surface area contributed by atoms with Gasteiger partial charge in [-0.1, -0.05) is 63.7 Å². The molecule has 0 aliphatic carbocycles. The van der Waals surface area contributed by atoms with Crippen LogP contribution in [0.5, 0.6) is 0 Å². The lowest BCUT2D eigenvalue weighted by molar-refractivity contribution is 0.0952. The summed E-state index contributed by atoms with van der Waals surface area (Å²) in [6.45, 7) is -0.338. The lowest BCUT2D eigenvalue weighted by Gasteiger charge is -2.27. The molecular weight excluding hydrogens is 767 g/mol. The monoisotopic (exact) mass is 790 g/mol. The SMILES string of the molecule is CS(=O)(=O)Cl.CS(=O)(=O)OCC(CBr)(CBr)COS(C)(=O)=O.OCC(CO)(CBr)CBr. The third-order valence-corrected chi connectivity index (χ3v) is 8.81. The highest BCUT2D eigenvalue weighted by Crippen LogP contribution is 2.25. The predicted molar refractivity (Wildman–Crippen MR) is 137 cm³/mol. The average molecular weight is 795 g/mol. The van der Waals surface area contributed by atoms with E-state index in [9.17, 15) is 25.3 Å². The first-order valence-electron chi connectivity index (χ1n) is 7.82. The third kappa shape index (κ3) is 24.8. The molecule has 0 aromatic carbocycles. The molecule has 0 saturated heterocycles. The fourth-order valence-corrected chi connectivity index (χ4v) is 5.09. The summed E-state index contributed by atoms with van der Waals surface area (Å²) in [5.41, 5.74) is -1.16. The second kappa shape index (κ2) is 17.3. The number of aliphatic hydroxyl groups is 2. The maximum Gasteiger partial charge on any atom is 0.264 e. The molecule has 0 radical (unpaired) electrons. The molecule has 0 saturated carbocycles. The summed E-state index contributed by atoms with van der Waals surface area (Å²) in [6, 6.07) is 0. The highest BCUT2D eigenvalue weighted by molar-refractivity contribution is 9.10. The Morgan fingerprint density at radius 1 is 0.677 bits per heavy atom. The van der Waals surface area contributed by atoms with E-state index >= 15 is 0 Å². The van der Waals surface area contributed by atoms with Crippen LogP contribution in [0.15, 0.2) is 0 Å². The number of aliphatic hydroxyl groups excluding tert-OH is 2. The molecule has 0 unspecified atom stereocenters. The van der Waals surface area contributed by atoms with Crippen LogP contribution in [-0.4, -0.2) is 102 Å². The molecule has 0 amide bonds. The Kier molecular flexibility index (Phi) is 21.0. The normalized spacial score (nSPS) is 13.0. The first kappa shape index (κ1) is 37.4. The van der Waals surface area contributed by atoms with Gasteiger partial charge in [-0.15, -0.1) is 0 Å². The molecule has 192 valence electrons. The second-order valence-electron chi connectivity index (χ2n) is 6.47. The quantitative estimate of drug-likeness (QED) is 0.169. The first-order valence-corrected chi connectivity index (χ1v) is 18.7. The van der Waals surface area contributed by atoms with E-state index in [1.54, 1.807) is 0 Å². The number of hydrogen-bond donors (Lipinski definition) is 2. The van der Waals surface area contributed by atoms with Gasteiger partial charge in [0.2, 0.25) is 9.05 Å². The fourth-order valence-electron chi connectivity index (χ4n) is 0.951. The van der Waals surface area contributed by atoms with Crippen LogP contribution < -0.4 is 0 Å². The van der Waals surface area contributed by atoms with E-state index < -0.39 is 34.7 Å². The average Bonchev–Trinajstić information content (AvgIpc) is 2.63. The topological polar surface area (TPSA) is 161 Å². The highest BCUT2D eigenvalue weighted by Gasteiger charge is 2.32. The summed E-state index contributed by atoms with van der Waals surface area (Å²) in [6.07, 6.45) is 2.78. The second-order valence-corrected chi connectivity index (χ2v) is 15.0. The standard InChI is InChI=1S/C7H14Br2O6S2.C5H10Br2O2.CH3ClO2S/c1-16(10,11)14-5-7(3-8,4-9)6-15-17(2,12)13;6-1-5(2-7,3-8)4-9;1-5(2,3)4/h3-6H2,1-2H3;8-9H,1-4H2;1H3. The molecule has 0 aliphatic rings. The minimum Gasteiger partial charge on any atom is -0.396 e. The lowest BCUT2D eigenvalue weighted by Crippen LogP contribution is -2.37. The van der Waals surface area contributed by atoms with Gasteiger partial charge >= 0.3 is 0 Å². The van der Waals surface area contributed by atoms with Gasteiger partial charge in [0.25, 0.3) is 20.2 Å². The molecule has 0 atom stereocenters. The van der Waals surface area contributed by atoms with Gasteiger partial charge in [0.05, 0.1) is 45.2 Å². The van der Waals surface area contributed by atoms with Gasteiger partial charge in [-0.25, -0.2) is 8.42 Å². The van der Waals surface area contributed by atoms with Crippen molar-refractivity contribution in [1.82, 2.24) is 0 Å². The molecule has 0 rings (SSSR count). The summed E-state index contributed by atoms with van der Waals surface area (Å²) < 4.78 is 71.7. The van der Waals surface area contributed by atoms with Gasteiger partial charge < -0.3 is 10.2 Å². The van der Waals surface area contributed by atoms with Crippen LogP contribution in [0.4, 0.5) is 0 Å². The Morgan fingerprint density at radius 2 is 0.903 bits per heavy atom. The number of hydrogen-bond acceptors (Lipinski definition) is 10. The van der Waals surface area contributed by atoms with Crippen LogP contribution in [-0.2, 0) is 37.7 Å². The summed E-state index contributed by atoms with van der Waals surface area (Å²) in [5, 5.41) is 19.4. The van der Waals surface area contributed by atoms with E-state index in [4.69, 9.17) is 10.2 Å². The van der Waals surface area contributed by atoms with Gasteiger partial charge in [0.15, 0.2) is 0 Å². The minimum absolute atomic E-state index is 0. The number of alkyl halides is 4. The molecular formula is C13H27Br4ClO10S3. The molecule has 10 nitrogen and oxygen atoms in total. The van der Waals surface area contributed by atoms with Crippen LogP contribution in [0.25, 0.3) is 0 Å². The van der Waals surface area contributed by atoms with E-state index in [0.717, 1.165) is 18.8 Å². The van der Waals surface area contributed by atoms with Crippen LogP contribution in [0.1, 0.15) is 0 Å². The summed E-state index contributed by atoms with van der Waals surface area (Å²) in [5.74, 6) is 0. The zero-order valence-corrected chi connectivity index (χ0v) is 26.5. The van der Waals surface area contributed by atoms with Gasteiger partial charge in [0, 0.05) is 42.8 Å². The highest BCUT2D eigenvalue weighted by atomic mass is 79.9. The number of rotatable bonds is 12. The maximum atomic E-state index is 10.9. The smallest absolute Gasteiger partial charge is 0.264 e.